The van der Waals surface area contributed by atoms with Crippen LogP contribution < -0.4 is 10.6 Å². The number of allylic oxidation sites excluding steroid dienone is 2. The maximum Gasteiger partial charge on any atom is 0.573 e. The third-order valence-electron chi connectivity index (χ3n) is 6.95. The van der Waals surface area contributed by atoms with E-state index in [9.17, 15) is 22.8 Å². The minimum Gasteiger partial charge on any atom is -0.404 e. The third kappa shape index (κ3) is 7.01. The number of ether oxygens (including phenoxy) is 1. The van der Waals surface area contributed by atoms with Crippen LogP contribution in [0.15, 0.2) is 35.2 Å². The fourth-order valence-electron chi connectivity index (χ4n) is 4.76. The Balaban J connectivity index is 1.29. The van der Waals surface area contributed by atoms with Gasteiger partial charge in [-0.1, -0.05) is 6.08 Å². The zero-order valence-electron chi connectivity index (χ0n) is 22.2. The van der Waals surface area contributed by atoms with Crippen molar-refractivity contribution in [1.82, 2.24) is 34.8 Å². The molecule has 2 fully saturated rings. The van der Waals surface area contributed by atoms with Gasteiger partial charge in [0, 0.05) is 57.3 Å². The molecule has 0 atom stereocenters. The summed E-state index contributed by atoms with van der Waals surface area (Å²) in [5.74, 6) is -1.24. The summed E-state index contributed by atoms with van der Waals surface area (Å²) in [6, 6.07) is 0.238. The lowest BCUT2D eigenvalue weighted by Gasteiger charge is -2.36. The van der Waals surface area contributed by atoms with Crippen LogP contribution in [0, 0.1) is 0 Å². The normalized spacial score (nSPS) is 21.7. The Morgan fingerprint density at radius 1 is 1.10 bits per heavy atom. The number of nitrogens with zero attached hydrogens (tertiary/aromatic N) is 6. The van der Waals surface area contributed by atoms with Crippen LogP contribution in [0.25, 0.3) is 0 Å². The Kier molecular flexibility index (Phi) is 8.14. The van der Waals surface area contributed by atoms with Crippen molar-refractivity contribution in [2.75, 3.05) is 58.7 Å². The molecular weight excluding hydrogens is 549 g/mol. The van der Waals surface area contributed by atoms with Crippen molar-refractivity contribution < 1.29 is 27.5 Å². The topological polar surface area (TPSA) is 108 Å². The molecule has 216 valence electrons. The first-order valence-electron chi connectivity index (χ1n) is 12.9. The number of carbonyl (C=O) groups excluding carboxylic acids is 2. The standard InChI is InChI=1S/C25H31F3N8O3S/c1-33-7-9-35(10-8-33)22(37)14-36-11-16-3-4-19(21(39-25(26,27)28)6-5-18(16)32-36)30-23(38)20-15-40-24(31-20)29-17-12-34(2)13-17/h4,6,11,15,17H,3,5,7-10,12-14H2,1-2H3,(H,29,31)(H,30,38)/b19-4+,21-6+. The van der Waals surface area contributed by atoms with Crippen molar-refractivity contribution in [3.63, 3.8) is 0 Å². The minimum atomic E-state index is -4.96. The smallest absolute Gasteiger partial charge is 0.404 e. The number of carbonyl (C=O) groups is 2. The molecule has 2 aromatic heterocycles. The highest BCUT2D eigenvalue weighted by Crippen LogP contribution is 2.27. The molecule has 15 heteroatoms. The number of hydrogen-bond donors (Lipinski definition) is 2. The van der Waals surface area contributed by atoms with Gasteiger partial charge in [-0.3, -0.25) is 14.3 Å². The van der Waals surface area contributed by atoms with Crippen LogP contribution in [0.4, 0.5) is 18.3 Å². The lowest BCUT2D eigenvalue weighted by Crippen LogP contribution is -2.52. The molecule has 3 aliphatic rings. The van der Waals surface area contributed by atoms with Gasteiger partial charge in [0.15, 0.2) is 5.13 Å². The summed E-state index contributed by atoms with van der Waals surface area (Å²) in [6.45, 7) is 4.62. The largest absolute Gasteiger partial charge is 0.573 e. The van der Waals surface area contributed by atoms with E-state index in [2.05, 4.69) is 35.3 Å². The van der Waals surface area contributed by atoms with Gasteiger partial charge in [0.2, 0.25) is 5.91 Å². The fraction of sp³-hybridized carbons (Fsp3) is 0.520. The van der Waals surface area contributed by atoms with E-state index in [4.69, 9.17) is 0 Å². The van der Waals surface area contributed by atoms with Crippen molar-refractivity contribution in [2.45, 2.75) is 31.8 Å². The second-order valence-corrected chi connectivity index (χ2v) is 11.0. The number of amides is 2. The van der Waals surface area contributed by atoms with Gasteiger partial charge < -0.3 is 30.1 Å². The highest BCUT2D eigenvalue weighted by molar-refractivity contribution is 7.13. The number of likely N-dealkylation sites (N-methyl/N-ethyl adjacent to an activating group) is 2. The molecule has 2 aromatic rings. The molecule has 0 spiro atoms. The summed E-state index contributed by atoms with van der Waals surface area (Å²) in [5.41, 5.74) is 1.25. The molecule has 0 aromatic carbocycles. The Morgan fingerprint density at radius 3 is 2.55 bits per heavy atom. The van der Waals surface area contributed by atoms with Crippen molar-refractivity contribution in [3.8, 4) is 0 Å². The maximum atomic E-state index is 13.3. The number of aromatic nitrogens is 3. The van der Waals surface area contributed by atoms with Gasteiger partial charge in [-0.2, -0.15) is 5.10 Å². The quantitative estimate of drug-likeness (QED) is 0.510. The first-order chi connectivity index (χ1) is 19.0. The summed E-state index contributed by atoms with van der Waals surface area (Å²) >= 11 is 1.25. The number of halogens is 3. The Labute approximate surface area is 233 Å². The lowest BCUT2D eigenvalue weighted by molar-refractivity contribution is -0.304. The number of rotatable bonds is 7. The highest BCUT2D eigenvalue weighted by atomic mass is 32.1. The molecule has 0 bridgehead atoms. The molecule has 11 nitrogen and oxygen atoms in total. The van der Waals surface area contributed by atoms with E-state index in [1.807, 2.05) is 14.1 Å². The summed E-state index contributed by atoms with van der Waals surface area (Å²) in [5, 5.41) is 12.4. The molecule has 0 radical (unpaired) electrons. The van der Waals surface area contributed by atoms with Crippen LogP contribution >= 0.6 is 11.3 Å². The number of hydrogen-bond acceptors (Lipinski definition) is 9. The predicted octanol–water partition coefficient (Wildman–Crippen LogP) is 1.67. The molecule has 0 saturated carbocycles. The van der Waals surface area contributed by atoms with Gasteiger partial charge in [0.1, 0.15) is 18.0 Å². The van der Waals surface area contributed by atoms with Gasteiger partial charge in [0.05, 0.1) is 17.4 Å². The zero-order valence-corrected chi connectivity index (χ0v) is 23.0. The average Bonchev–Trinajstić information content (AvgIpc) is 3.49. The summed E-state index contributed by atoms with van der Waals surface area (Å²) in [7, 11) is 4.00. The minimum absolute atomic E-state index is 0.0320. The van der Waals surface area contributed by atoms with Gasteiger partial charge in [-0.25, -0.2) is 4.98 Å². The van der Waals surface area contributed by atoms with Crippen LogP contribution in [0.2, 0.25) is 0 Å². The van der Waals surface area contributed by atoms with Crippen molar-refractivity contribution in [1.29, 1.82) is 0 Å². The average molecular weight is 581 g/mol. The first-order valence-corrected chi connectivity index (χ1v) is 13.8. The van der Waals surface area contributed by atoms with Gasteiger partial charge in [-0.05, 0) is 32.2 Å². The van der Waals surface area contributed by atoms with E-state index in [-0.39, 0.29) is 42.7 Å². The molecule has 2 amide bonds. The third-order valence-corrected chi connectivity index (χ3v) is 7.73. The van der Waals surface area contributed by atoms with E-state index in [1.165, 1.54) is 28.2 Å². The van der Waals surface area contributed by atoms with Crippen LogP contribution in [0.3, 0.4) is 0 Å². The molecule has 2 aliphatic heterocycles. The van der Waals surface area contributed by atoms with E-state index in [1.54, 1.807) is 16.5 Å². The molecule has 0 unspecified atom stereocenters. The number of likely N-dealkylation sites (tertiary alicyclic amines) is 1. The van der Waals surface area contributed by atoms with Gasteiger partial charge in [0.25, 0.3) is 5.91 Å². The predicted molar refractivity (Wildman–Crippen MR) is 142 cm³/mol. The van der Waals surface area contributed by atoms with Crippen LogP contribution in [0.5, 0.6) is 0 Å². The molecule has 1 aliphatic carbocycles. The molecular formula is C25H31F3N8O3S. The number of fused-ring (bicyclic) bond motifs is 1. The fourth-order valence-corrected chi connectivity index (χ4v) is 5.53. The van der Waals surface area contributed by atoms with E-state index in [0.29, 0.717) is 23.9 Å². The van der Waals surface area contributed by atoms with Crippen LogP contribution in [0.1, 0.15) is 21.7 Å². The van der Waals surface area contributed by atoms with E-state index in [0.717, 1.165) is 31.7 Å². The SMILES string of the molecule is CN1CCN(C(=O)Cn2cc3c(n2)C/C=C(OC(F)(F)F)\C(NC(=O)c2csc(NC4CN(C)C4)n2)=C/C3)CC1. The van der Waals surface area contributed by atoms with Crippen LogP contribution in [-0.2, 0) is 28.9 Å². The summed E-state index contributed by atoms with van der Waals surface area (Å²) < 4.78 is 45.6. The monoisotopic (exact) mass is 580 g/mol. The molecule has 5 rings (SSSR count). The summed E-state index contributed by atoms with van der Waals surface area (Å²) in [4.78, 5) is 36.0. The number of piperazine rings is 1. The second kappa shape index (κ2) is 11.6. The number of alkyl halides is 3. The Hall–Kier alpha value is -3.43. The maximum absolute atomic E-state index is 13.3. The summed E-state index contributed by atoms with van der Waals surface area (Å²) in [6.07, 6.45) is -0.329. The first kappa shape index (κ1) is 28.1. The second-order valence-electron chi connectivity index (χ2n) is 10.2. The highest BCUT2D eigenvalue weighted by Gasteiger charge is 2.34. The van der Waals surface area contributed by atoms with Crippen molar-refractivity contribution in [3.05, 3.63) is 52.1 Å². The number of thiazole rings is 1. The molecule has 4 heterocycles. The number of nitrogens with one attached hydrogen (secondary N) is 2. The zero-order chi connectivity index (χ0) is 28.4. The van der Waals surface area contributed by atoms with Gasteiger partial charge >= 0.3 is 6.36 Å². The lowest BCUT2D eigenvalue weighted by atomic mass is 10.1. The van der Waals surface area contributed by atoms with E-state index < -0.39 is 18.0 Å². The van der Waals surface area contributed by atoms with Gasteiger partial charge in [-0.15, -0.1) is 24.5 Å². The van der Waals surface area contributed by atoms with Crippen LogP contribution in [-0.4, -0.2) is 107 Å². The Bertz CT molecular complexity index is 1310. The molecule has 2 saturated heterocycles. The molecule has 2 N–H and O–H groups in total. The molecule has 40 heavy (non-hydrogen) atoms. The van der Waals surface area contributed by atoms with Crippen molar-refractivity contribution in [2.24, 2.45) is 0 Å². The number of anilines is 1. The van der Waals surface area contributed by atoms with Crippen molar-refractivity contribution >= 4 is 28.3 Å². The Morgan fingerprint density at radius 2 is 1.85 bits per heavy atom. The van der Waals surface area contributed by atoms with E-state index >= 15 is 0 Å².